The van der Waals surface area contributed by atoms with Gasteiger partial charge in [-0.15, -0.1) is 0 Å². The van der Waals surface area contributed by atoms with Crippen molar-refractivity contribution in [3.63, 3.8) is 0 Å². The van der Waals surface area contributed by atoms with Gasteiger partial charge < -0.3 is 9.72 Å². The van der Waals surface area contributed by atoms with Crippen LogP contribution in [0.3, 0.4) is 0 Å². The molecule has 0 aliphatic heterocycles. The number of pyridine rings is 1. The lowest BCUT2D eigenvalue weighted by Gasteiger charge is -2.04. The largest absolute Gasteiger partial charge is 0.436 e. The van der Waals surface area contributed by atoms with Crippen molar-refractivity contribution < 1.29 is 4.74 Å². The smallest absolute Gasteiger partial charge is 0.268 e. The van der Waals surface area contributed by atoms with E-state index in [9.17, 15) is 4.79 Å². The van der Waals surface area contributed by atoms with Gasteiger partial charge in [-0.1, -0.05) is 0 Å². The molecule has 0 amide bonds. The zero-order valence-electron chi connectivity index (χ0n) is 8.40. The third-order valence-corrected chi connectivity index (χ3v) is 2.56. The summed E-state index contributed by atoms with van der Waals surface area (Å²) in [4.78, 5) is 21.6. The molecule has 0 saturated carbocycles. The third kappa shape index (κ3) is 2.27. The summed E-state index contributed by atoms with van der Waals surface area (Å²) in [5, 5.41) is 0. The number of hydrogen-bond acceptors (Lipinski definition) is 4. The molecule has 0 saturated heterocycles. The van der Waals surface area contributed by atoms with Crippen LogP contribution in [-0.2, 0) is 0 Å². The second-order valence-electron chi connectivity index (χ2n) is 3.09. The Morgan fingerprint density at radius 1 is 1.38 bits per heavy atom. The summed E-state index contributed by atoms with van der Waals surface area (Å²) in [6.07, 6.45) is 2.86. The molecule has 2 aromatic rings. The van der Waals surface area contributed by atoms with Gasteiger partial charge in [-0.05, 0) is 35.0 Å². The van der Waals surface area contributed by atoms with E-state index in [-0.39, 0.29) is 15.9 Å². The number of halogens is 1. The van der Waals surface area contributed by atoms with Crippen LogP contribution in [0.2, 0.25) is 0 Å². The zero-order chi connectivity index (χ0) is 11.5. The van der Waals surface area contributed by atoms with Gasteiger partial charge in [0, 0.05) is 5.69 Å². The first-order valence-corrected chi connectivity index (χ1v) is 5.30. The van der Waals surface area contributed by atoms with Crippen LogP contribution in [0.1, 0.15) is 5.69 Å². The van der Waals surface area contributed by atoms with Crippen LogP contribution in [0.15, 0.2) is 33.9 Å². The molecule has 0 radical (unpaired) electrons. The Balaban J connectivity index is 2.30. The number of H-pyrrole nitrogens is 1. The van der Waals surface area contributed by atoms with Gasteiger partial charge in [0.25, 0.3) is 5.56 Å². The summed E-state index contributed by atoms with van der Waals surface area (Å²) in [6, 6.07) is 3.58. The van der Waals surface area contributed by atoms with Crippen LogP contribution >= 0.6 is 15.9 Å². The number of rotatable bonds is 2. The number of nitrogens with one attached hydrogen (secondary N) is 1. The minimum absolute atomic E-state index is 0.217. The van der Waals surface area contributed by atoms with E-state index in [2.05, 4.69) is 30.9 Å². The van der Waals surface area contributed by atoms with Crippen LogP contribution in [0, 0.1) is 6.92 Å². The highest BCUT2D eigenvalue weighted by molar-refractivity contribution is 9.10. The molecule has 0 atom stereocenters. The van der Waals surface area contributed by atoms with Gasteiger partial charge >= 0.3 is 0 Å². The van der Waals surface area contributed by atoms with E-state index in [0.717, 1.165) is 5.69 Å². The normalized spacial score (nSPS) is 10.1. The maximum absolute atomic E-state index is 11.2. The van der Waals surface area contributed by atoms with Crippen LogP contribution in [-0.4, -0.2) is 15.0 Å². The van der Waals surface area contributed by atoms with E-state index < -0.39 is 0 Å². The molecule has 16 heavy (non-hydrogen) atoms. The van der Waals surface area contributed by atoms with Crippen molar-refractivity contribution in [1.82, 2.24) is 15.0 Å². The van der Waals surface area contributed by atoms with Crippen LogP contribution in [0.4, 0.5) is 0 Å². The fourth-order valence-electron chi connectivity index (χ4n) is 1.06. The van der Waals surface area contributed by atoms with Crippen LogP contribution < -0.4 is 10.3 Å². The predicted octanol–water partition coefficient (Wildman–Crippen LogP) is 2.03. The van der Waals surface area contributed by atoms with Gasteiger partial charge in [0.05, 0.1) is 12.5 Å². The van der Waals surface area contributed by atoms with Crippen molar-refractivity contribution in [3.8, 4) is 11.6 Å². The standard InChI is InChI=1S/C10H8BrN3O2/c1-6-2-3-7(4-12-6)16-10-8(11)9(15)13-5-14-10/h2-5H,1H3,(H,13,14,15). The molecule has 2 aromatic heterocycles. The minimum Gasteiger partial charge on any atom is -0.436 e. The third-order valence-electron chi connectivity index (χ3n) is 1.86. The van der Waals surface area contributed by atoms with Gasteiger partial charge in [0.15, 0.2) is 0 Å². The van der Waals surface area contributed by atoms with Crippen molar-refractivity contribution in [2.75, 3.05) is 0 Å². The highest BCUT2D eigenvalue weighted by Gasteiger charge is 2.07. The maximum atomic E-state index is 11.2. The summed E-state index contributed by atoms with van der Waals surface area (Å²) in [5.74, 6) is 0.749. The summed E-state index contributed by atoms with van der Waals surface area (Å²) in [7, 11) is 0. The summed E-state index contributed by atoms with van der Waals surface area (Å²) in [6.45, 7) is 1.88. The van der Waals surface area contributed by atoms with E-state index in [4.69, 9.17) is 4.74 Å². The molecule has 82 valence electrons. The van der Waals surface area contributed by atoms with Gasteiger partial charge in [0.2, 0.25) is 5.88 Å². The topological polar surface area (TPSA) is 67.9 Å². The molecular weight excluding hydrogens is 274 g/mol. The summed E-state index contributed by atoms with van der Waals surface area (Å²) < 4.78 is 5.66. The second-order valence-corrected chi connectivity index (χ2v) is 3.88. The lowest BCUT2D eigenvalue weighted by Crippen LogP contribution is -2.08. The Bertz CT molecular complexity index is 551. The molecule has 0 aromatic carbocycles. The highest BCUT2D eigenvalue weighted by Crippen LogP contribution is 2.23. The Kier molecular flexibility index (Phi) is 3.00. The van der Waals surface area contributed by atoms with Crippen molar-refractivity contribution in [2.24, 2.45) is 0 Å². The molecule has 6 heteroatoms. The lowest BCUT2D eigenvalue weighted by atomic mass is 10.4. The van der Waals surface area contributed by atoms with E-state index in [1.165, 1.54) is 6.33 Å². The molecule has 2 heterocycles. The maximum Gasteiger partial charge on any atom is 0.268 e. The van der Waals surface area contributed by atoms with E-state index in [1.807, 2.05) is 13.0 Å². The van der Waals surface area contributed by atoms with Crippen molar-refractivity contribution in [1.29, 1.82) is 0 Å². The Morgan fingerprint density at radius 3 is 2.88 bits per heavy atom. The number of hydrogen-bond donors (Lipinski definition) is 1. The van der Waals surface area contributed by atoms with Crippen molar-refractivity contribution in [2.45, 2.75) is 6.92 Å². The number of aromatic nitrogens is 3. The minimum atomic E-state index is -0.287. The van der Waals surface area contributed by atoms with Crippen LogP contribution in [0.25, 0.3) is 0 Å². The molecule has 0 aliphatic carbocycles. The highest BCUT2D eigenvalue weighted by atomic mass is 79.9. The molecule has 0 bridgehead atoms. The Labute approximate surface area is 99.7 Å². The molecule has 5 nitrogen and oxygen atoms in total. The van der Waals surface area contributed by atoms with Gasteiger partial charge in [-0.25, -0.2) is 4.98 Å². The first-order chi connectivity index (χ1) is 7.66. The fourth-order valence-corrected chi connectivity index (χ4v) is 1.36. The number of ether oxygens (including phenoxy) is 1. The number of nitrogens with zero attached hydrogens (tertiary/aromatic N) is 2. The lowest BCUT2D eigenvalue weighted by molar-refractivity contribution is 0.454. The quantitative estimate of drug-likeness (QED) is 0.915. The van der Waals surface area contributed by atoms with Crippen molar-refractivity contribution in [3.05, 3.63) is 45.2 Å². The Morgan fingerprint density at radius 2 is 2.19 bits per heavy atom. The number of aryl methyl sites for hydroxylation is 1. The number of aromatic amines is 1. The fraction of sp³-hybridized carbons (Fsp3) is 0.100. The van der Waals surface area contributed by atoms with Crippen LogP contribution in [0.5, 0.6) is 11.6 Å². The Hall–Kier alpha value is -1.69. The predicted molar refractivity (Wildman–Crippen MR) is 61.6 cm³/mol. The van der Waals surface area contributed by atoms with Gasteiger partial charge in [0.1, 0.15) is 10.2 Å². The molecule has 0 spiro atoms. The molecule has 0 unspecified atom stereocenters. The summed E-state index contributed by atoms with van der Waals surface area (Å²) >= 11 is 3.10. The molecule has 0 aliphatic rings. The second kappa shape index (κ2) is 4.44. The molecule has 1 N–H and O–H groups in total. The van der Waals surface area contributed by atoms with E-state index in [0.29, 0.717) is 5.75 Å². The first-order valence-electron chi connectivity index (χ1n) is 4.50. The zero-order valence-corrected chi connectivity index (χ0v) is 9.98. The molecule has 2 rings (SSSR count). The van der Waals surface area contributed by atoms with Gasteiger partial charge in [-0.2, -0.15) is 0 Å². The molecular formula is C10H8BrN3O2. The van der Waals surface area contributed by atoms with E-state index >= 15 is 0 Å². The molecule has 0 fully saturated rings. The van der Waals surface area contributed by atoms with E-state index in [1.54, 1.807) is 12.3 Å². The SMILES string of the molecule is Cc1ccc(Oc2nc[nH]c(=O)c2Br)cn1. The average molecular weight is 282 g/mol. The average Bonchev–Trinajstić information content (AvgIpc) is 2.28. The van der Waals surface area contributed by atoms with Gasteiger partial charge in [-0.3, -0.25) is 9.78 Å². The monoisotopic (exact) mass is 281 g/mol. The van der Waals surface area contributed by atoms with Crippen molar-refractivity contribution >= 4 is 15.9 Å². The summed E-state index contributed by atoms with van der Waals surface area (Å²) in [5.41, 5.74) is 0.607. The first kappa shape index (κ1) is 10.8.